The highest BCUT2D eigenvalue weighted by Gasteiger charge is 2.17. The van der Waals surface area contributed by atoms with Crippen LogP contribution in [0.2, 0.25) is 0 Å². The second-order valence-corrected chi connectivity index (χ2v) is 3.85. The van der Waals surface area contributed by atoms with Crippen molar-refractivity contribution in [3.05, 3.63) is 23.9 Å². The van der Waals surface area contributed by atoms with E-state index in [0.717, 1.165) is 17.9 Å². The highest BCUT2D eigenvalue weighted by Crippen LogP contribution is 2.10. The average molecular weight is 205 g/mol. The number of nitrogens with zero attached hydrogens (tertiary/aromatic N) is 1. The Morgan fingerprint density at radius 3 is 3.07 bits per heavy atom. The normalized spacial score (nSPS) is 20.9. The predicted molar refractivity (Wildman–Crippen MR) is 58.6 cm³/mol. The van der Waals surface area contributed by atoms with Crippen LogP contribution < -0.4 is 10.6 Å². The molecule has 4 nitrogen and oxygen atoms in total. The Morgan fingerprint density at radius 1 is 1.53 bits per heavy atom. The monoisotopic (exact) mass is 205 g/mol. The molecule has 1 aliphatic rings. The molecule has 1 aromatic heterocycles. The lowest BCUT2D eigenvalue weighted by Crippen LogP contribution is -2.42. The summed E-state index contributed by atoms with van der Waals surface area (Å²) in [4.78, 5) is 15.3. The van der Waals surface area contributed by atoms with E-state index < -0.39 is 0 Å². The number of amides is 1. The minimum atomic E-state index is 0.144. The van der Waals surface area contributed by atoms with Crippen LogP contribution >= 0.6 is 0 Å². The Balaban J connectivity index is 1.94. The van der Waals surface area contributed by atoms with Crippen LogP contribution in [0.3, 0.4) is 0 Å². The van der Waals surface area contributed by atoms with Crippen LogP contribution in [-0.2, 0) is 4.79 Å². The van der Waals surface area contributed by atoms with E-state index in [-0.39, 0.29) is 5.91 Å². The second kappa shape index (κ2) is 4.29. The number of aryl methyl sites for hydroxylation is 1. The molecule has 0 saturated carbocycles. The van der Waals surface area contributed by atoms with Gasteiger partial charge in [0.05, 0.1) is 0 Å². The van der Waals surface area contributed by atoms with Gasteiger partial charge in [-0.25, -0.2) is 4.98 Å². The summed E-state index contributed by atoms with van der Waals surface area (Å²) in [6.07, 6.45) is 1.48. The molecule has 1 aliphatic heterocycles. The molecule has 1 saturated heterocycles. The number of carbonyl (C=O) groups excluding carboxylic acids is 1. The Hall–Kier alpha value is -1.58. The van der Waals surface area contributed by atoms with Crippen molar-refractivity contribution < 1.29 is 4.79 Å². The van der Waals surface area contributed by atoms with Crippen molar-refractivity contribution in [3.63, 3.8) is 0 Å². The van der Waals surface area contributed by atoms with Gasteiger partial charge in [-0.3, -0.25) is 4.79 Å². The summed E-state index contributed by atoms with van der Waals surface area (Å²) in [5, 5.41) is 6.15. The first-order valence-electron chi connectivity index (χ1n) is 5.21. The Labute approximate surface area is 89.1 Å². The number of nitrogens with one attached hydrogen (secondary N) is 2. The molecule has 0 radical (unpaired) electrons. The molecule has 0 bridgehead atoms. The van der Waals surface area contributed by atoms with Gasteiger partial charge in [-0.2, -0.15) is 0 Å². The lowest BCUT2D eigenvalue weighted by molar-refractivity contribution is -0.122. The smallest absolute Gasteiger partial charge is 0.220 e. The summed E-state index contributed by atoms with van der Waals surface area (Å²) in [5.74, 6) is 1.03. The number of rotatable bonds is 2. The molecule has 0 aromatic carbocycles. The molecule has 1 aromatic rings. The van der Waals surface area contributed by atoms with Gasteiger partial charge in [0.2, 0.25) is 5.91 Å². The van der Waals surface area contributed by atoms with Crippen molar-refractivity contribution >= 4 is 11.7 Å². The van der Waals surface area contributed by atoms with Crippen molar-refractivity contribution in [2.24, 2.45) is 0 Å². The molecular weight excluding hydrogens is 190 g/mol. The first-order chi connectivity index (χ1) is 7.24. The van der Waals surface area contributed by atoms with Crippen molar-refractivity contribution in [2.45, 2.75) is 25.8 Å². The average Bonchev–Trinajstić information content (AvgIpc) is 2.22. The van der Waals surface area contributed by atoms with E-state index in [0.29, 0.717) is 19.0 Å². The molecule has 0 spiro atoms. The zero-order chi connectivity index (χ0) is 10.7. The quantitative estimate of drug-likeness (QED) is 0.759. The van der Waals surface area contributed by atoms with E-state index in [4.69, 9.17) is 0 Å². The number of hydrogen-bond donors (Lipinski definition) is 2. The Morgan fingerprint density at radius 2 is 2.40 bits per heavy atom. The zero-order valence-electron chi connectivity index (χ0n) is 8.79. The number of piperidine rings is 1. The van der Waals surface area contributed by atoms with Gasteiger partial charge >= 0.3 is 0 Å². The molecule has 2 N–H and O–H groups in total. The lowest BCUT2D eigenvalue weighted by atomic mass is 10.1. The predicted octanol–water partition coefficient (Wildman–Crippen LogP) is 1.08. The van der Waals surface area contributed by atoms with Crippen molar-refractivity contribution in [3.8, 4) is 0 Å². The van der Waals surface area contributed by atoms with Gasteiger partial charge in [0.25, 0.3) is 0 Å². The third-order valence-electron chi connectivity index (χ3n) is 2.51. The maximum atomic E-state index is 11.0. The maximum Gasteiger partial charge on any atom is 0.220 e. The number of aromatic nitrogens is 1. The van der Waals surface area contributed by atoms with Gasteiger partial charge in [0, 0.05) is 24.7 Å². The molecule has 80 valence electrons. The Kier molecular flexibility index (Phi) is 2.85. The van der Waals surface area contributed by atoms with Crippen LogP contribution in [0.4, 0.5) is 5.82 Å². The van der Waals surface area contributed by atoms with Gasteiger partial charge in [-0.15, -0.1) is 0 Å². The fourth-order valence-corrected chi connectivity index (χ4v) is 1.69. The van der Waals surface area contributed by atoms with Gasteiger partial charge in [0.1, 0.15) is 5.82 Å². The third-order valence-corrected chi connectivity index (χ3v) is 2.51. The summed E-state index contributed by atoms with van der Waals surface area (Å²) in [5.41, 5.74) is 1.000. The minimum absolute atomic E-state index is 0.144. The molecule has 1 fully saturated rings. The number of pyridine rings is 1. The summed E-state index contributed by atoms with van der Waals surface area (Å²) in [6, 6.07) is 6.19. The van der Waals surface area contributed by atoms with E-state index in [1.54, 1.807) is 0 Å². The highest BCUT2D eigenvalue weighted by atomic mass is 16.1. The number of carbonyl (C=O) groups is 1. The molecule has 15 heavy (non-hydrogen) atoms. The topological polar surface area (TPSA) is 54.0 Å². The SMILES string of the molecule is Cc1cccc(NC2CCC(=O)NC2)n1. The number of hydrogen-bond acceptors (Lipinski definition) is 3. The Bertz CT molecular complexity index is 355. The fourth-order valence-electron chi connectivity index (χ4n) is 1.69. The molecular formula is C11H15N3O. The molecule has 1 unspecified atom stereocenters. The molecule has 1 atom stereocenters. The van der Waals surface area contributed by atoms with E-state index in [9.17, 15) is 4.79 Å². The van der Waals surface area contributed by atoms with E-state index in [2.05, 4.69) is 15.6 Å². The minimum Gasteiger partial charge on any atom is -0.366 e. The standard InChI is InChI=1S/C11H15N3O/c1-8-3-2-4-10(13-8)14-9-5-6-11(15)12-7-9/h2-4,9H,5-7H2,1H3,(H,12,15)(H,13,14). The van der Waals surface area contributed by atoms with Crippen LogP contribution in [0.15, 0.2) is 18.2 Å². The van der Waals surface area contributed by atoms with Gasteiger partial charge < -0.3 is 10.6 Å². The van der Waals surface area contributed by atoms with Crippen LogP contribution in [0.25, 0.3) is 0 Å². The van der Waals surface area contributed by atoms with E-state index >= 15 is 0 Å². The number of anilines is 1. The second-order valence-electron chi connectivity index (χ2n) is 3.85. The molecule has 1 amide bonds. The highest BCUT2D eigenvalue weighted by molar-refractivity contribution is 5.76. The first kappa shape index (κ1) is 9.96. The van der Waals surface area contributed by atoms with Crippen LogP contribution in [0.5, 0.6) is 0 Å². The van der Waals surface area contributed by atoms with Crippen molar-refractivity contribution in [2.75, 3.05) is 11.9 Å². The van der Waals surface area contributed by atoms with E-state index in [1.165, 1.54) is 0 Å². The van der Waals surface area contributed by atoms with Crippen molar-refractivity contribution in [1.29, 1.82) is 0 Å². The van der Waals surface area contributed by atoms with Crippen LogP contribution in [0, 0.1) is 6.92 Å². The summed E-state index contributed by atoms with van der Waals surface area (Å²) in [7, 11) is 0. The molecule has 4 heteroatoms. The summed E-state index contributed by atoms with van der Waals surface area (Å²) < 4.78 is 0. The lowest BCUT2D eigenvalue weighted by Gasteiger charge is -2.23. The van der Waals surface area contributed by atoms with Crippen LogP contribution in [0.1, 0.15) is 18.5 Å². The third kappa shape index (κ3) is 2.68. The van der Waals surface area contributed by atoms with Gasteiger partial charge in [-0.05, 0) is 25.5 Å². The van der Waals surface area contributed by atoms with Crippen LogP contribution in [-0.4, -0.2) is 23.5 Å². The molecule has 0 aliphatic carbocycles. The summed E-state index contributed by atoms with van der Waals surface area (Å²) >= 11 is 0. The van der Waals surface area contributed by atoms with Gasteiger partial charge in [-0.1, -0.05) is 6.07 Å². The summed E-state index contributed by atoms with van der Waals surface area (Å²) in [6.45, 7) is 2.66. The van der Waals surface area contributed by atoms with Gasteiger partial charge in [0.15, 0.2) is 0 Å². The molecule has 2 rings (SSSR count). The maximum absolute atomic E-state index is 11.0. The van der Waals surface area contributed by atoms with Crippen molar-refractivity contribution in [1.82, 2.24) is 10.3 Å². The fraction of sp³-hybridized carbons (Fsp3) is 0.455. The first-order valence-corrected chi connectivity index (χ1v) is 5.21. The largest absolute Gasteiger partial charge is 0.366 e. The zero-order valence-corrected chi connectivity index (χ0v) is 8.79. The molecule has 2 heterocycles. The van der Waals surface area contributed by atoms with E-state index in [1.807, 2.05) is 25.1 Å².